The van der Waals surface area contributed by atoms with E-state index in [9.17, 15) is 0 Å². The molecule has 17 heavy (non-hydrogen) atoms. The summed E-state index contributed by atoms with van der Waals surface area (Å²) in [7, 11) is 0. The van der Waals surface area contributed by atoms with Crippen LogP contribution >= 0.6 is 0 Å². The van der Waals surface area contributed by atoms with E-state index in [2.05, 4.69) is 16.9 Å². The largest absolute Gasteiger partial charge is 0.473 e. The molecule has 0 N–H and O–H groups in total. The average Bonchev–Trinajstić information content (AvgIpc) is 2.35. The highest BCUT2D eigenvalue weighted by Gasteiger charge is 2.09. The van der Waals surface area contributed by atoms with E-state index in [1.165, 1.54) is 25.5 Å². The minimum absolute atomic E-state index is 0.0793. The zero-order chi connectivity index (χ0) is 12.5. The van der Waals surface area contributed by atoms with Gasteiger partial charge in [0.05, 0.1) is 6.10 Å². The zero-order valence-electron chi connectivity index (χ0n) is 10.5. The van der Waals surface area contributed by atoms with E-state index in [1.807, 2.05) is 13.0 Å². The molecule has 0 fully saturated rings. The number of nitrogens with zero attached hydrogens (tertiary/aromatic N) is 3. The molecule has 0 saturated heterocycles. The molecule has 1 aromatic rings. The fourth-order valence-corrected chi connectivity index (χ4v) is 1.60. The van der Waals surface area contributed by atoms with Crippen molar-refractivity contribution in [2.45, 2.75) is 52.1 Å². The number of rotatable bonds is 7. The van der Waals surface area contributed by atoms with Crippen LogP contribution in [0, 0.1) is 11.3 Å². The fourth-order valence-electron chi connectivity index (χ4n) is 1.60. The Morgan fingerprint density at radius 2 is 2.06 bits per heavy atom. The second-order valence-corrected chi connectivity index (χ2v) is 4.10. The third-order valence-electron chi connectivity index (χ3n) is 2.55. The number of hydrogen-bond donors (Lipinski definition) is 0. The summed E-state index contributed by atoms with van der Waals surface area (Å²) in [5.41, 5.74) is 0.257. The molecule has 1 unspecified atom stereocenters. The zero-order valence-corrected chi connectivity index (χ0v) is 10.5. The molecule has 92 valence electrons. The Bertz CT molecular complexity index is 373. The van der Waals surface area contributed by atoms with Gasteiger partial charge in [0, 0.05) is 12.4 Å². The maximum absolute atomic E-state index is 8.84. The lowest BCUT2D eigenvalue weighted by Gasteiger charge is -2.13. The molecule has 1 rings (SSSR count). The Morgan fingerprint density at radius 3 is 2.76 bits per heavy atom. The van der Waals surface area contributed by atoms with Crippen molar-refractivity contribution in [3.8, 4) is 11.9 Å². The van der Waals surface area contributed by atoms with Gasteiger partial charge in [0.1, 0.15) is 6.07 Å². The van der Waals surface area contributed by atoms with Crippen LogP contribution in [0.5, 0.6) is 5.88 Å². The average molecular weight is 233 g/mol. The van der Waals surface area contributed by atoms with Crippen molar-refractivity contribution in [1.29, 1.82) is 5.26 Å². The fraction of sp³-hybridized carbons (Fsp3) is 0.615. The third-order valence-corrected chi connectivity index (χ3v) is 2.55. The van der Waals surface area contributed by atoms with E-state index in [0.29, 0.717) is 5.88 Å². The number of hydrogen-bond acceptors (Lipinski definition) is 4. The maximum Gasteiger partial charge on any atom is 0.251 e. The van der Waals surface area contributed by atoms with Gasteiger partial charge in [-0.05, 0) is 19.8 Å². The summed E-state index contributed by atoms with van der Waals surface area (Å²) in [6, 6.07) is 1.98. The molecule has 0 spiro atoms. The summed E-state index contributed by atoms with van der Waals surface area (Å²) < 4.78 is 5.62. The van der Waals surface area contributed by atoms with Gasteiger partial charge in [0.2, 0.25) is 5.69 Å². The molecule has 0 aromatic carbocycles. The van der Waals surface area contributed by atoms with Crippen molar-refractivity contribution in [3.63, 3.8) is 0 Å². The summed E-state index contributed by atoms with van der Waals surface area (Å²) in [5.74, 6) is 0.345. The van der Waals surface area contributed by atoms with Gasteiger partial charge in [-0.1, -0.05) is 26.2 Å². The second kappa shape index (κ2) is 7.61. The van der Waals surface area contributed by atoms with Crippen LogP contribution in [0.4, 0.5) is 0 Å². The molecule has 0 bridgehead atoms. The lowest BCUT2D eigenvalue weighted by atomic mass is 10.1. The Hall–Kier alpha value is -1.63. The molecule has 1 heterocycles. The Labute approximate surface area is 103 Å². The number of ether oxygens (including phenoxy) is 1. The van der Waals surface area contributed by atoms with Crippen LogP contribution < -0.4 is 4.74 Å². The summed E-state index contributed by atoms with van der Waals surface area (Å²) in [6.45, 7) is 4.19. The summed E-state index contributed by atoms with van der Waals surface area (Å²) >= 11 is 0. The maximum atomic E-state index is 8.84. The predicted molar refractivity (Wildman–Crippen MR) is 65.6 cm³/mol. The first kappa shape index (κ1) is 13.4. The highest BCUT2D eigenvalue weighted by Crippen LogP contribution is 2.15. The Balaban J connectivity index is 2.40. The monoisotopic (exact) mass is 233 g/mol. The third kappa shape index (κ3) is 4.81. The van der Waals surface area contributed by atoms with E-state index >= 15 is 0 Å². The highest BCUT2D eigenvalue weighted by atomic mass is 16.5. The van der Waals surface area contributed by atoms with Gasteiger partial charge >= 0.3 is 0 Å². The molecule has 1 atom stereocenters. The molecule has 0 aliphatic carbocycles. The van der Waals surface area contributed by atoms with Crippen LogP contribution in [0.1, 0.15) is 51.6 Å². The predicted octanol–water partition coefficient (Wildman–Crippen LogP) is 3.09. The van der Waals surface area contributed by atoms with Crippen molar-refractivity contribution >= 4 is 0 Å². The van der Waals surface area contributed by atoms with Crippen LogP contribution in [0.25, 0.3) is 0 Å². The van der Waals surface area contributed by atoms with Gasteiger partial charge in [-0.2, -0.15) is 5.26 Å². The molecule has 0 saturated carbocycles. The topological polar surface area (TPSA) is 58.8 Å². The van der Waals surface area contributed by atoms with Crippen LogP contribution in [0.3, 0.4) is 0 Å². The van der Waals surface area contributed by atoms with Crippen molar-refractivity contribution in [1.82, 2.24) is 9.97 Å². The molecule has 0 amide bonds. The van der Waals surface area contributed by atoms with Crippen LogP contribution in [-0.4, -0.2) is 16.1 Å². The quantitative estimate of drug-likeness (QED) is 0.679. The van der Waals surface area contributed by atoms with Crippen molar-refractivity contribution in [3.05, 3.63) is 18.1 Å². The van der Waals surface area contributed by atoms with E-state index in [4.69, 9.17) is 10.00 Å². The van der Waals surface area contributed by atoms with Crippen molar-refractivity contribution < 1.29 is 4.74 Å². The lowest BCUT2D eigenvalue weighted by molar-refractivity contribution is 0.196. The van der Waals surface area contributed by atoms with Gasteiger partial charge in [-0.3, -0.25) is 0 Å². The smallest absolute Gasteiger partial charge is 0.251 e. The van der Waals surface area contributed by atoms with Gasteiger partial charge in [0.25, 0.3) is 5.88 Å². The van der Waals surface area contributed by atoms with E-state index < -0.39 is 0 Å². The molecule has 0 aliphatic rings. The van der Waals surface area contributed by atoms with Crippen molar-refractivity contribution in [2.24, 2.45) is 0 Å². The van der Waals surface area contributed by atoms with Crippen LogP contribution in [0.2, 0.25) is 0 Å². The minimum atomic E-state index is 0.0793. The van der Waals surface area contributed by atoms with Gasteiger partial charge in [0.15, 0.2) is 0 Å². The SMILES string of the molecule is CCCCCCC(C)Oc1nccnc1C#N. The standard InChI is InChI=1S/C13H19N3O/c1-3-4-5-6-7-11(2)17-13-12(10-14)15-8-9-16-13/h8-9,11H,3-7H2,1-2H3. The minimum Gasteiger partial charge on any atom is -0.473 e. The molecule has 0 aliphatic heterocycles. The number of nitriles is 1. The molecule has 1 aromatic heterocycles. The lowest BCUT2D eigenvalue weighted by Crippen LogP contribution is -2.13. The van der Waals surface area contributed by atoms with Gasteiger partial charge in [-0.15, -0.1) is 0 Å². The van der Waals surface area contributed by atoms with Gasteiger partial charge < -0.3 is 4.74 Å². The van der Waals surface area contributed by atoms with Crippen molar-refractivity contribution in [2.75, 3.05) is 0 Å². The summed E-state index contributed by atoms with van der Waals surface area (Å²) in [6.07, 6.45) is 8.99. The second-order valence-electron chi connectivity index (χ2n) is 4.10. The number of unbranched alkanes of at least 4 members (excludes halogenated alkanes) is 3. The van der Waals surface area contributed by atoms with Crippen LogP contribution in [0.15, 0.2) is 12.4 Å². The number of aromatic nitrogens is 2. The van der Waals surface area contributed by atoms with E-state index in [0.717, 1.165) is 12.8 Å². The molecule has 4 nitrogen and oxygen atoms in total. The van der Waals surface area contributed by atoms with E-state index in [-0.39, 0.29) is 11.8 Å². The Kier molecular flexibility index (Phi) is 6.02. The molecular weight excluding hydrogens is 214 g/mol. The molecule has 0 radical (unpaired) electrons. The Morgan fingerprint density at radius 1 is 1.29 bits per heavy atom. The first-order valence-electron chi connectivity index (χ1n) is 6.15. The summed E-state index contributed by atoms with van der Waals surface area (Å²) in [5, 5.41) is 8.84. The first-order chi connectivity index (χ1) is 8.27. The van der Waals surface area contributed by atoms with Crippen LogP contribution in [-0.2, 0) is 0 Å². The van der Waals surface area contributed by atoms with E-state index in [1.54, 1.807) is 6.20 Å². The normalized spacial score (nSPS) is 11.8. The summed E-state index contributed by atoms with van der Waals surface area (Å²) in [4.78, 5) is 7.94. The van der Waals surface area contributed by atoms with Gasteiger partial charge in [-0.25, -0.2) is 9.97 Å². The molecular formula is C13H19N3O. The molecule has 4 heteroatoms. The highest BCUT2D eigenvalue weighted by molar-refractivity contribution is 5.29. The first-order valence-corrected chi connectivity index (χ1v) is 6.15.